The molecule has 2 heterocycles. The van der Waals surface area contributed by atoms with Gasteiger partial charge in [-0.25, -0.2) is 0 Å². The number of likely N-dealkylation sites (N-methyl/N-ethyl adjacent to an activating group) is 1. The molecule has 3 N–H and O–H groups in total. The highest BCUT2D eigenvalue weighted by Crippen LogP contribution is 2.33. The summed E-state index contributed by atoms with van der Waals surface area (Å²) in [5.74, 6) is -0.0742. The van der Waals surface area contributed by atoms with Crippen LogP contribution in [-0.2, 0) is 19.1 Å². The molecule has 0 aliphatic carbocycles. The second-order valence-electron chi connectivity index (χ2n) is 13.2. The minimum absolute atomic E-state index is 0.152. The first-order chi connectivity index (χ1) is 21.1. The number of thioether (sulfide) groups is 1. The summed E-state index contributed by atoms with van der Waals surface area (Å²) in [5, 5.41) is 24.6. The van der Waals surface area contributed by atoms with Gasteiger partial charge >= 0.3 is 5.97 Å². The first-order valence-electron chi connectivity index (χ1n) is 17.5. The highest BCUT2D eigenvalue weighted by Gasteiger charge is 2.50. The van der Waals surface area contributed by atoms with Gasteiger partial charge in [0.25, 0.3) is 0 Å². The smallest absolute Gasteiger partial charge is 0.306 e. The lowest BCUT2D eigenvalue weighted by Gasteiger charge is -2.45. The summed E-state index contributed by atoms with van der Waals surface area (Å²) in [6, 6.07) is -1.00. The summed E-state index contributed by atoms with van der Waals surface area (Å²) in [7, 11) is 1.95. The van der Waals surface area contributed by atoms with Crippen LogP contribution in [0.1, 0.15) is 130 Å². The predicted octanol–water partition coefficient (Wildman–Crippen LogP) is 6.42. The lowest BCUT2D eigenvalue weighted by atomic mass is 9.92. The lowest BCUT2D eigenvalue weighted by Crippen LogP contribution is -2.65. The van der Waals surface area contributed by atoms with Gasteiger partial charge < -0.3 is 25.0 Å². The molecular weight excluding hydrogens is 600 g/mol. The number of halogens is 1. The number of amides is 1. The number of rotatable bonds is 22. The summed E-state index contributed by atoms with van der Waals surface area (Å²) < 4.78 is 11.9. The third-order valence-electron chi connectivity index (χ3n) is 9.36. The van der Waals surface area contributed by atoms with Crippen LogP contribution in [0.15, 0.2) is 0 Å². The van der Waals surface area contributed by atoms with Crippen LogP contribution in [0.2, 0.25) is 0 Å². The van der Waals surface area contributed by atoms with E-state index < -0.39 is 47.2 Å². The van der Waals surface area contributed by atoms with Gasteiger partial charge in [0, 0.05) is 13.0 Å². The summed E-state index contributed by atoms with van der Waals surface area (Å²) in [6.07, 6.45) is 16.3. The Bertz CT molecular complexity index is 806. The largest absolute Gasteiger partial charge is 0.456 e. The number of aliphatic hydroxyl groups is 2. The molecule has 0 aromatic heterocycles. The van der Waals surface area contributed by atoms with Crippen molar-refractivity contribution in [3.8, 4) is 0 Å². The number of esters is 1. The van der Waals surface area contributed by atoms with Crippen molar-refractivity contribution < 1.29 is 29.3 Å². The molecule has 44 heavy (non-hydrogen) atoms. The molecule has 0 aromatic carbocycles. The maximum atomic E-state index is 13.3. The van der Waals surface area contributed by atoms with Gasteiger partial charge in [-0.3, -0.25) is 14.5 Å². The monoisotopic (exact) mass is 662 g/mol. The van der Waals surface area contributed by atoms with Gasteiger partial charge in [-0.2, -0.15) is 0 Å². The number of unbranched alkanes of at least 4 members (excludes halogenated alkanes) is 12. The van der Waals surface area contributed by atoms with Crippen LogP contribution in [-0.4, -0.2) is 94.2 Å². The van der Waals surface area contributed by atoms with Gasteiger partial charge in [-0.15, -0.1) is 23.4 Å². The van der Waals surface area contributed by atoms with Crippen LogP contribution < -0.4 is 5.32 Å². The van der Waals surface area contributed by atoms with Crippen LogP contribution in [0.25, 0.3) is 0 Å². The zero-order chi connectivity index (χ0) is 32.5. The highest BCUT2D eigenvalue weighted by molar-refractivity contribution is 7.99. The maximum Gasteiger partial charge on any atom is 0.306 e. The SMILES string of the molecule is CCCCCCCCCCCCCCCC(=O)O[C@@H]1[C@@H](O)[C@@H](O)[C@@H](C(NC(=O)[C@@H]2C[C@@H](CCC)CN2C)C(C)Cl)O[C@@H]1SC. The zero-order valence-electron chi connectivity index (χ0n) is 28.2. The topological polar surface area (TPSA) is 108 Å². The third-order valence-corrected chi connectivity index (χ3v) is 10.5. The Morgan fingerprint density at radius 1 is 0.955 bits per heavy atom. The van der Waals surface area contributed by atoms with E-state index in [1.165, 1.54) is 76.0 Å². The Labute approximate surface area is 277 Å². The molecule has 0 bridgehead atoms. The predicted molar refractivity (Wildman–Crippen MR) is 181 cm³/mol. The fourth-order valence-corrected chi connectivity index (χ4v) is 7.65. The molecule has 9 atom stereocenters. The van der Waals surface area contributed by atoms with E-state index in [0.29, 0.717) is 5.92 Å². The van der Waals surface area contributed by atoms with Gasteiger partial charge in [0.2, 0.25) is 5.91 Å². The number of alkyl halides is 1. The van der Waals surface area contributed by atoms with E-state index in [9.17, 15) is 19.8 Å². The molecule has 258 valence electrons. The Balaban J connectivity index is 1.76. The molecule has 2 rings (SSSR count). The normalized spacial score (nSPS) is 29.0. The molecular formula is C34H63ClN2O6S. The van der Waals surface area contributed by atoms with Crippen LogP contribution in [0.5, 0.6) is 0 Å². The van der Waals surface area contributed by atoms with Crippen molar-refractivity contribution in [1.29, 1.82) is 0 Å². The first kappa shape index (κ1) is 39.6. The van der Waals surface area contributed by atoms with E-state index in [-0.39, 0.29) is 18.4 Å². The number of aliphatic hydroxyl groups excluding tert-OH is 2. The van der Waals surface area contributed by atoms with Gasteiger partial charge in [0.15, 0.2) is 6.10 Å². The van der Waals surface area contributed by atoms with Gasteiger partial charge in [0.05, 0.1) is 17.5 Å². The number of ether oxygens (including phenoxy) is 2. The average molecular weight is 663 g/mol. The molecule has 0 spiro atoms. The van der Waals surface area contributed by atoms with Gasteiger partial charge in [0.1, 0.15) is 23.7 Å². The fraction of sp³-hybridized carbons (Fsp3) is 0.941. The summed E-state index contributed by atoms with van der Waals surface area (Å²) >= 11 is 7.82. The number of nitrogens with zero attached hydrogens (tertiary/aromatic N) is 1. The molecule has 0 aromatic rings. The number of carbonyl (C=O) groups excluding carboxylic acids is 2. The Hall–Kier alpha value is -0.580. The van der Waals surface area contributed by atoms with Crippen molar-refractivity contribution in [1.82, 2.24) is 10.2 Å². The van der Waals surface area contributed by atoms with E-state index in [0.717, 1.165) is 45.1 Å². The van der Waals surface area contributed by atoms with Crippen molar-refractivity contribution >= 4 is 35.2 Å². The molecule has 0 radical (unpaired) electrons. The molecule has 2 aliphatic rings. The fourth-order valence-electron chi connectivity index (χ4n) is 6.72. The molecule has 2 unspecified atom stereocenters. The molecule has 2 saturated heterocycles. The number of hydrogen-bond acceptors (Lipinski definition) is 8. The van der Waals surface area contributed by atoms with Crippen molar-refractivity contribution in [2.45, 2.75) is 177 Å². The molecule has 0 saturated carbocycles. The molecule has 8 nitrogen and oxygen atoms in total. The van der Waals surface area contributed by atoms with E-state index >= 15 is 0 Å². The second-order valence-corrected chi connectivity index (χ2v) is 14.8. The highest BCUT2D eigenvalue weighted by atomic mass is 35.5. The molecule has 10 heteroatoms. The van der Waals surface area contributed by atoms with E-state index in [1.807, 2.05) is 7.05 Å². The third kappa shape index (κ3) is 13.3. The molecule has 2 aliphatic heterocycles. The zero-order valence-corrected chi connectivity index (χ0v) is 29.8. The Morgan fingerprint density at radius 2 is 1.52 bits per heavy atom. The van der Waals surface area contributed by atoms with Crippen molar-refractivity contribution in [2.75, 3.05) is 19.8 Å². The van der Waals surface area contributed by atoms with Crippen molar-refractivity contribution in [3.05, 3.63) is 0 Å². The molecule has 1 amide bonds. The van der Waals surface area contributed by atoms with E-state index in [1.54, 1.807) is 13.2 Å². The van der Waals surface area contributed by atoms with Crippen LogP contribution >= 0.6 is 23.4 Å². The van der Waals surface area contributed by atoms with Crippen molar-refractivity contribution in [3.63, 3.8) is 0 Å². The standard InChI is InChI=1S/C34H63ClN2O6S/c1-6-8-9-10-11-12-13-14-15-16-17-18-19-21-27(38)42-32-30(40)29(39)31(43-34(32)44-5)28(24(3)35)36-33(41)26-22-25(20-7-2)23-37(26)4/h24-26,28-32,34,39-40H,6-23H2,1-5H3,(H,36,41)/t24?,25-,26+,28?,29-,30+,31-,32-,34-/m1/s1. The number of carbonyl (C=O) groups is 2. The average Bonchev–Trinajstić information content (AvgIpc) is 3.36. The van der Waals surface area contributed by atoms with Crippen molar-refractivity contribution in [2.24, 2.45) is 5.92 Å². The van der Waals surface area contributed by atoms with Gasteiger partial charge in [-0.1, -0.05) is 97.3 Å². The van der Waals surface area contributed by atoms with Crippen LogP contribution in [0.3, 0.4) is 0 Å². The van der Waals surface area contributed by atoms with E-state index in [2.05, 4.69) is 24.1 Å². The molecule has 2 fully saturated rings. The number of hydrogen-bond donors (Lipinski definition) is 3. The number of likely N-dealkylation sites (tertiary alicyclic amines) is 1. The van der Waals surface area contributed by atoms with E-state index in [4.69, 9.17) is 21.1 Å². The van der Waals surface area contributed by atoms with Crippen LogP contribution in [0, 0.1) is 5.92 Å². The minimum Gasteiger partial charge on any atom is -0.456 e. The second kappa shape index (κ2) is 22.1. The first-order valence-corrected chi connectivity index (χ1v) is 19.2. The summed E-state index contributed by atoms with van der Waals surface area (Å²) in [6.45, 7) is 7.01. The summed E-state index contributed by atoms with van der Waals surface area (Å²) in [4.78, 5) is 28.0. The van der Waals surface area contributed by atoms with Crippen LogP contribution in [0.4, 0.5) is 0 Å². The van der Waals surface area contributed by atoms with Gasteiger partial charge in [-0.05, 0) is 45.4 Å². The Kier molecular flexibility index (Phi) is 19.9. The summed E-state index contributed by atoms with van der Waals surface area (Å²) in [5.41, 5.74) is -0.702. The minimum atomic E-state index is -1.38. The number of nitrogens with one attached hydrogen (secondary N) is 1. The lowest BCUT2D eigenvalue weighted by molar-refractivity contribution is -0.218. The maximum absolute atomic E-state index is 13.3. The quantitative estimate of drug-likeness (QED) is 0.0693. The Morgan fingerprint density at radius 3 is 2.05 bits per heavy atom.